The Hall–Kier alpha value is -2.14. The third-order valence-corrected chi connectivity index (χ3v) is 4.88. The number of aliphatic hydroxyl groups is 1. The van der Waals surface area contributed by atoms with Gasteiger partial charge in [0.05, 0.1) is 11.8 Å². The van der Waals surface area contributed by atoms with Crippen LogP contribution in [0.3, 0.4) is 0 Å². The molecular weight excluding hydrogens is 314 g/mol. The molecule has 1 fully saturated rings. The Labute approximate surface area is 149 Å². The number of nitrogens with one attached hydrogen (secondary N) is 1. The Morgan fingerprint density at radius 2 is 1.92 bits per heavy atom. The van der Waals surface area contributed by atoms with E-state index in [0.29, 0.717) is 18.2 Å². The molecule has 2 N–H and O–H groups in total. The molecule has 0 spiro atoms. The van der Waals surface area contributed by atoms with Crippen LogP contribution in [-0.2, 0) is 0 Å². The predicted molar refractivity (Wildman–Crippen MR) is 98.1 cm³/mol. The minimum absolute atomic E-state index is 0.147. The number of aryl methyl sites for hydroxylation is 3. The van der Waals surface area contributed by atoms with E-state index in [1.165, 1.54) is 11.1 Å². The Morgan fingerprint density at radius 3 is 2.60 bits per heavy atom. The Morgan fingerprint density at radius 1 is 1.20 bits per heavy atom. The van der Waals surface area contributed by atoms with E-state index in [9.17, 15) is 9.90 Å². The average Bonchev–Trinajstić information content (AvgIpc) is 2.94. The van der Waals surface area contributed by atoms with Crippen molar-refractivity contribution in [3.8, 4) is 5.69 Å². The molecule has 1 aliphatic rings. The zero-order valence-corrected chi connectivity index (χ0v) is 15.2. The van der Waals surface area contributed by atoms with Crippen molar-refractivity contribution in [3.63, 3.8) is 0 Å². The summed E-state index contributed by atoms with van der Waals surface area (Å²) in [6.45, 7) is 6.67. The van der Waals surface area contributed by atoms with Crippen molar-refractivity contribution in [3.05, 3.63) is 46.8 Å². The number of aliphatic hydroxyl groups excluding tert-OH is 1. The van der Waals surface area contributed by atoms with Crippen LogP contribution >= 0.6 is 0 Å². The molecule has 2 atom stereocenters. The molecule has 2 unspecified atom stereocenters. The molecule has 2 aromatic rings. The lowest BCUT2D eigenvalue weighted by Crippen LogP contribution is -2.33. The van der Waals surface area contributed by atoms with Crippen molar-refractivity contribution in [2.75, 3.05) is 6.54 Å². The van der Waals surface area contributed by atoms with Gasteiger partial charge in [0.2, 0.25) is 0 Å². The maximum Gasteiger partial charge on any atom is 0.271 e. The van der Waals surface area contributed by atoms with E-state index in [0.717, 1.165) is 37.1 Å². The van der Waals surface area contributed by atoms with Gasteiger partial charge in [-0.25, -0.2) is 4.68 Å². The average molecular weight is 341 g/mol. The van der Waals surface area contributed by atoms with E-state index in [-0.39, 0.29) is 12.0 Å². The van der Waals surface area contributed by atoms with Crippen molar-refractivity contribution in [2.45, 2.75) is 52.6 Å². The van der Waals surface area contributed by atoms with Gasteiger partial charge < -0.3 is 10.4 Å². The monoisotopic (exact) mass is 341 g/mol. The first kappa shape index (κ1) is 17.7. The predicted octanol–water partition coefficient (Wildman–Crippen LogP) is 3.08. The molecule has 1 aromatic heterocycles. The number of hydrogen-bond donors (Lipinski definition) is 2. The first-order valence-electron chi connectivity index (χ1n) is 9.04. The van der Waals surface area contributed by atoms with Gasteiger partial charge in [-0.3, -0.25) is 4.79 Å². The van der Waals surface area contributed by atoms with Crippen LogP contribution in [0.25, 0.3) is 5.69 Å². The molecule has 1 aliphatic carbocycles. The number of amides is 1. The second kappa shape index (κ2) is 7.40. The van der Waals surface area contributed by atoms with Crippen LogP contribution in [0.5, 0.6) is 0 Å². The Kier molecular flexibility index (Phi) is 5.23. The fraction of sp³-hybridized carbons (Fsp3) is 0.500. The molecule has 0 saturated heterocycles. The summed E-state index contributed by atoms with van der Waals surface area (Å²) < 4.78 is 1.82. The summed E-state index contributed by atoms with van der Waals surface area (Å²) in [4.78, 5) is 12.5. The summed E-state index contributed by atoms with van der Waals surface area (Å²) in [6.07, 6.45) is 3.53. The van der Waals surface area contributed by atoms with Crippen molar-refractivity contribution in [1.82, 2.24) is 15.1 Å². The molecule has 25 heavy (non-hydrogen) atoms. The van der Waals surface area contributed by atoms with Gasteiger partial charge >= 0.3 is 0 Å². The van der Waals surface area contributed by atoms with Gasteiger partial charge in [0, 0.05) is 12.2 Å². The number of nitrogens with zero attached hydrogens (tertiary/aromatic N) is 2. The van der Waals surface area contributed by atoms with Gasteiger partial charge in [-0.15, -0.1) is 0 Å². The lowest BCUT2D eigenvalue weighted by molar-refractivity contribution is 0.0870. The van der Waals surface area contributed by atoms with Crippen molar-refractivity contribution in [2.24, 2.45) is 5.92 Å². The number of hydrogen-bond acceptors (Lipinski definition) is 3. The summed E-state index contributed by atoms with van der Waals surface area (Å²) in [5, 5.41) is 17.2. The Balaban J connectivity index is 1.70. The van der Waals surface area contributed by atoms with Crippen molar-refractivity contribution < 1.29 is 9.90 Å². The highest BCUT2D eigenvalue weighted by molar-refractivity contribution is 5.92. The number of aromatic nitrogens is 2. The molecule has 1 amide bonds. The molecule has 5 heteroatoms. The first-order chi connectivity index (χ1) is 11.9. The maximum atomic E-state index is 12.5. The standard InChI is InChI=1S/C20H27N3O2/c1-13-7-14(2)9-17(8-13)23-15(3)10-19(22-23)20(25)21-12-16-5-4-6-18(24)11-16/h7-10,16,18,24H,4-6,11-12H2,1-3H3,(H,21,25). The zero-order valence-electron chi connectivity index (χ0n) is 15.2. The van der Waals surface area contributed by atoms with E-state index in [2.05, 4.69) is 42.5 Å². The highest BCUT2D eigenvalue weighted by atomic mass is 16.3. The van der Waals surface area contributed by atoms with Gasteiger partial charge in [-0.2, -0.15) is 5.10 Å². The van der Waals surface area contributed by atoms with Crippen LogP contribution in [-0.4, -0.2) is 33.4 Å². The molecule has 0 radical (unpaired) electrons. The van der Waals surface area contributed by atoms with Crippen LogP contribution in [0.1, 0.15) is 53.0 Å². The lowest BCUT2D eigenvalue weighted by atomic mass is 9.87. The summed E-state index contributed by atoms with van der Waals surface area (Å²) in [7, 11) is 0. The van der Waals surface area contributed by atoms with Gasteiger partial charge in [0.25, 0.3) is 5.91 Å². The molecule has 3 rings (SSSR count). The van der Waals surface area contributed by atoms with Gasteiger partial charge in [0.1, 0.15) is 0 Å². The molecule has 1 heterocycles. The summed E-state index contributed by atoms with van der Waals surface area (Å²) >= 11 is 0. The van der Waals surface area contributed by atoms with E-state index in [1.54, 1.807) is 0 Å². The molecule has 134 valence electrons. The van der Waals surface area contributed by atoms with E-state index in [1.807, 2.05) is 17.7 Å². The topological polar surface area (TPSA) is 67.2 Å². The zero-order chi connectivity index (χ0) is 18.0. The SMILES string of the molecule is Cc1cc(C)cc(-n2nc(C(=O)NCC3CCCC(O)C3)cc2C)c1. The third kappa shape index (κ3) is 4.28. The van der Waals surface area contributed by atoms with Crippen LogP contribution in [0, 0.1) is 26.7 Å². The number of benzene rings is 1. The number of carbonyl (C=O) groups excluding carboxylic acids is 1. The van der Waals surface area contributed by atoms with Crippen LogP contribution in [0.2, 0.25) is 0 Å². The molecule has 1 aromatic carbocycles. The second-order valence-corrected chi connectivity index (χ2v) is 7.33. The molecule has 0 aliphatic heterocycles. The van der Waals surface area contributed by atoms with E-state index >= 15 is 0 Å². The number of rotatable bonds is 4. The molecule has 0 bridgehead atoms. The van der Waals surface area contributed by atoms with Crippen LogP contribution < -0.4 is 5.32 Å². The van der Waals surface area contributed by atoms with Gasteiger partial charge in [-0.1, -0.05) is 12.5 Å². The highest BCUT2D eigenvalue weighted by Crippen LogP contribution is 2.23. The minimum atomic E-state index is -0.221. The Bertz CT molecular complexity index is 746. The summed E-state index contributed by atoms with van der Waals surface area (Å²) in [5.41, 5.74) is 4.69. The largest absolute Gasteiger partial charge is 0.393 e. The summed E-state index contributed by atoms with van der Waals surface area (Å²) in [6, 6.07) is 8.08. The van der Waals surface area contributed by atoms with Gasteiger partial charge in [0.15, 0.2) is 5.69 Å². The third-order valence-electron chi connectivity index (χ3n) is 4.88. The smallest absolute Gasteiger partial charge is 0.271 e. The normalized spacial score (nSPS) is 20.5. The van der Waals surface area contributed by atoms with Crippen molar-refractivity contribution in [1.29, 1.82) is 0 Å². The number of carbonyl (C=O) groups is 1. The quantitative estimate of drug-likeness (QED) is 0.898. The molecular formula is C20H27N3O2. The fourth-order valence-electron chi connectivity index (χ4n) is 3.70. The minimum Gasteiger partial charge on any atom is -0.393 e. The summed E-state index contributed by atoms with van der Waals surface area (Å²) in [5.74, 6) is 0.210. The molecule has 1 saturated carbocycles. The van der Waals surface area contributed by atoms with Gasteiger partial charge in [-0.05, 0) is 75.3 Å². The van der Waals surface area contributed by atoms with Crippen LogP contribution in [0.4, 0.5) is 0 Å². The van der Waals surface area contributed by atoms with E-state index in [4.69, 9.17) is 0 Å². The molecule has 5 nitrogen and oxygen atoms in total. The first-order valence-corrected chi connectivity index (χ1v) is 9.04. The second-order valence-electron chi connectivity index (χ2n) is 7.33. The highest BCUT2D eigenvalue weighted by Gasteiger charge is 2.21. The van der Waals surface area contributed by atoms with Crippen molar-refractivity contribution >= 4 is 5.91 Å². The van der Waals surface area contributed by atoms with Crippen LogP contribution in [0.15, 0.2) is 24.3 Å². The fourth-order valence-corrected chi connectivity index (χ4v) is 3.70. The maximum absolute atomic E-state index is 12.5. The van der Waals surface area contributed by atoms with E-state index < -0.39 is 0 Å². The lowest BCUT2D eigenvalue weighted by Gasteiger charge is -2.25.